The second kappa shape index (κ2) is 63.6. The summed E-state index contributed by atoms with van der Waals surface area (Å²) in [5.41, 5.74) is 0. The Morgan fingerprint density at radius 2 is 0.526 bits per heavy atom. The molecule has 0 amide bonds. The average molecular weight is 1060 g/mol. The van der Waals surface area contributed by atoms with Crippen molar-refractivity contribution < 1.29 is 28.6 Å². The van der Waals surface area contributed by atoms with E-state index in [9.17, 15) is 14.4 Å². The Kier molecular flexibility index (Phi) is 60.3. The predicted octanol–water partition coefficient (Wildman–Crippen LogP) is 21.8. The Morgan fingerprint density at radius 1 is 0.276 bits per heavy atom. The molecule has 6 nitrogen and oxygen atoms in total. The average Bonchev–Trinajstić information content (AvgIpc) is 3.42. The molecule has 434 valence electrons. The number of ether oxygens (including phenoxy) is 3. The summed E-state index contributed by atoms with van der Waals surface area (Å²) in [6, 6.07) is 0. The molecule has 0 N–H and O–H groups in total. The number of carbonyl (C=O) groups excluding carboxylic acids is 3. The van der Waals surface area contributed by atoms with E-state index in [1.54, 1.807) is 0 Å². The number of unbranched alkanes of at least 4 members (excludes halogenated alkanes) is 28. The lowest BCUT2D eigenvalue weighted by molar-refractivity contribution is -0.167. The van der Waals surface area contributed by atoms with Crippen molar-refractivity contribution >= 4 is 17.9 Å². The fourth-order valence-electron chi connectivity index (χ4n) is 8.82. The molecule has 76 heavy (non-hydrogen) atoms. The summed E-state index contributed by atoms with van der Waals surface area (Å²) >= 11 is 0. The van der Waals surface area contributed by atoms with Crippen molar-refractivity contribution in [2.45, 2.75) is 303 Å². The van der Waals surface area contributed by atoms with Gasteiger partial charge in [0, 0.05) is 19.3 Å². The van der Waals surface area contributed by atoms with Gasteiger partial charge in [0.1, 0.15) is 13.2 Å². The van der Waals surface area contributed by atoms with Crippen molar-refractivity contribution in [1.29, 1.82) is 0 Å². The van der Waals surface area contributed by atoms with Gasteiger partial charge in [0.05, 0.1) is 0 Å². The quantitative estimate of drug-likeness (QED) is 0.0261. The Labute approximate surface area is 470 Å². The number of hydrogen-bond donors (Lipinski definition) is 0. The standard InChI is InChI=1S/C70H118O6/c1-4-7-10-13-16-19-22-25-27-29-30-31-32-33-34-35-36-37-38-39-40-42-43-45-48-51-54-57-60-63-69(72)75-66-67(65-74-68(71)62-59-56-53-50-47-24-21-18-15-12-9-6-3)76-70(73)64-61-58-55-52-49-46-44-41-28-26-23-20-17-14-11-8-5-2/h7-8,10-11,16-17,19-20,25-28,30-31,44,46,52,55,67H,4-6,9,12-15,18,21-24,29,32-43,45,47-51,53-54,56-66H2,1-3H3/b10-7-,11-8-,19-16-,20-17-,27-25-,28-26-,31-30-,46-44-,55-52-. The van der Waals surface area contributed by atoms with Gasteiger partial charge in [0.15, 0.2) is 6.10 Å². The van der Waals surface area contributed by atoms with Crippen LogP contribution in [0.25, 0.3) is 0 Å². The molecule has 0 rings (SSSR count). The van der Waals surface area contributed by atoms with Crippen LogP contribution in [-0.4, -0.2) is 37.2 Å². The smallest absolute Gasteiger partial charge is 0.306 e. The molecule has 0 aliphatic heterocycles. The molecular weight excluding hydrogens is 937 g/mol. The highest BCUT2D eigenvalue weighted by molar-refractivity contribution is 5.71. The predicted molar refractivity (Wildman–Crippen MR) is 330 cm³/mol. The number of carbonyl (C=O) groups is 3. The first-order valence-corrected chi connectivity index (χ1v) is 31.9. The molecule has 0 aromatic carbocycles. The maximum atomic E-state index is 12.9. The van der Waals surface area contributed by atoms with Crippen LogP contribution in [0, 0.1) is 0 Å². The molecule has 1 unspecified atom stereocenters. The highest BCUT2D eigenvalue weighted by Crippen LogP contribution is 2.16. The molecule has 0 aliphatic rings. The van der Waals surface area contributed by atoms with Gasteiger partial charge in [-0.3, -0.25) is 14.4 Å². The van der Waals surface area contributed by atoms with E-state index in [-0.39, 0.29) is 37.5 Å². The Morgan fingerprint density at radius 3 is 0.842 bits per heavy atom. The van der Waals surface area contributed by atoms with Gasteiger partial charge >= 0.3 is 17.9 Å². The molecule has 0 aromatic rings. The number of allylic oxidation sites excluding steroid dienone is 18. The Bertz CT molecular complexity index is 1540. The molecule has 0 spiro atoms. The third kappa shape index (κ3) is 60.9. The number of rotatable bonds is 57. The summed E-state index contributed by atoms with van der Waals surface area (Å²) in [5, 5.41) is 0. The van der Waals surface area contributed by atoms with Gasteiger partial charge in [0.2, 0.25) is 0 Å². The van der Waals surface area contributed by atoms with Crippen LogP contribution in [0.1, 0.15) is 297 Å². The van der Waals surface area contributed by atoms with E-state index in [2.05, 4.69) is 130 Å². The molecule has 0 fully saturated rings. The molecule has 6 heteroatoms. The van der Waals surface area contributed by atoms with E-state index in [0.717, 1.165) is 103 Å². The molecule has 0 aliphatic carbocycles. The molecule has 0 heterocycles. The Hall–Kier alpha value is -3.93. The van der Waals surface area contributed by atoms with Gasteiger partial charge in [0.25, 0.3) is 0 Å². The van der Waals surface area contributed by atoms with Crippen molar-refractivity contribution in [1.82, 2.24) is 0 Å². The van der Waals surface area contributed by atoms with E-state index in [1.165, 1.54) is 148 Å². The highest BCUT2D eigenvalue weighted by Gasteiger charge is 2.19. The summed E-state index contributed by atoms with van der Waals surface area (Å²) in [5.74, 6) is -0.949. The Balaban J connectivity index is 4.27. The van der Waals surface area contributed by atoms with Crippen LogP contribution in [0.2, 0.25) is 0 Å². The van der Waals surface area contributed by atoms with Gasteiger partial charge in [-0.15, -0.1) is 0 Å². The third-order valence-electron chi connectivity index (χ3n) is 13.5. The fourth-order valence-corrected chi connectivity index (χ4v) is 8.82. The van der Waals surface area contributed by atoms with Crippen LogP contribution in [0.4, 0.5) is 0 Å². The van der Waals surface area contributed by atoms with Gasteiger partial charge < -0.3 is 14.2 Å². The van der Waals surface area contributed by atoms with Gasteiger partial charge in [-0.1, -0.05) is 291 Å². The minimum Gasteiger partial charge on any atom is -0.462 e. The van der Waals surface area contributed by atoms with E-state index in [4.69, 9.17) is 14.2 Å². The van der Waals surface area contributed by atoms with Crippen molar-refractivity contribution in [3.8, 4) is 0 Å². The molecule has 0 bridgehead atoms. The minimum atomic E-state index is -0.807. The highest BCUT2D eigenvalue weighted by atomic mass is 16.6. The first-order chi connectivity index (χ1) is 37.5. The summed E-state index contributed by atoms with van der Waals surface area (Å²) in [6.45, 7) is 6.38. The summed E-state index contributed by atoms with van der Waals surface area (Å²) < 4.78 is 16.9. The number of hydrogen-bond acceptors (Lipinski definition) is 6. The fraction of sp³-hybridized carbons (Fsp3) is 0.700. The van der Waals surface area contributed by atoms with E-state index in [1.807, 2.05) is 0 Å². The lowest BCUT2D eigenvalue weighted by Crippen LogP contribution is -2.30. The lowest BCUT2D eigenvalue weighted by atomic mass is 10.0. The van der Waals surface area contributed by atoms with Crippen molar-refractivity contribution in [2.75, 3.05) is 13.2 Å². The van der Waals surface area contributed by atoms with Crippen molar-refractivity contribution in [3.05, 3.63) is 109 Å². The zero-order valence-electron chi connectivity index (χ0n) is 49.7. The van der Waals surface area contributed by atoms with Crippen LogP contribution in [0.3, 0.4) is 0 Å². The van der Waals surface area contributed by atoms with Crippen LogP contribution in [0.5, 0.6) is 0 Å². The second-order valence-corrected chi connectivity index (χ2v) is 20.9. The van der Waals surface area contributed by atoms with E-state index in [0.29, 0.717) is 19.3 Å². The van der Waals surface area contributed by atoms with Gasteiger partial charge in [-0.05, 0) is 96.3 Å². The topological polar surface area (TPSA) is 78.9 Å². The van der Waals surface area contributed by atoms with Crippen molar-refractivity contribution in [3.63, 3.8) is 0 Å². The van der Waals surface area contributed by atoms with Crippen LogP contribution in [0.15, 0.2) is 109 Å². The second-order valence-electron chi connectivity index (χ2n) is 20.9. The lowest BCUT2D eigenvalue weighted by Gasteiger charge is -2.18. The molecular formula is C70H118O6. The molecule has 0 saturated heterocycles. The zero-order valence-corrected chi connectivity index (χ0v) is 49.7. The van der Waals surface area contributed by atoms with Gasteiger partial charge in [-0.2, -0.15) is 0 Å². The third-order valence-corrected chi connectivity index (χ3v) is 13.5. The first kappa shape index (κ1) is 72.1. The summed E-state index contributed by atoms with van der Waals surface area (Å²) in [6.07, 6.45) is 86.8. The van der Waals surface area contributed by atoms with Crippen molar-refractivity contribution in [2.24, 2.45) is 0 Å². The maximum Gasteiger partial charge on any atom is 0.306 e. The largest absolute Gasteiger partial charge is 0.462 e. The van der Waals surface area contributed by atoms with Crippen LogP contribution in [-0.2, 0) is 28.6 Å². The van der Waals surface area contributed by atoms with Gasteiger partial charge in [-0.25, -0.2) is 0 Å². The molecule has 0 aromatic heterocycles. The first-order valence-electron chi connectivity index (χ1n) is 31.9. The van der Waals surface area contributed by atoms with Crippen LogP contribution < -0.4 is 0 Å². The monoisotopic (exact) mass is 1050 g/mol. The SMILES string of the molecule is CC/C=C\C/C=C\C/C=C\C/C=C\C/C=C\CCCC(=O)OC(COC(=O)CCCCCCCCCCCCCC)COC(=O)CCCCCCCCCCCCCCCCCC/C=C\C/C=C\C/C=C\C/C=C\CC. The number of esters is 3. The van der Waals surface area contributed by atoms with E-state index >= 15 is 0 Å². The summed E-state index contributed by atoms with van der Waals surface area (Å²) in [7, 11) is 0. The minimum absolute atomic E-state index is 0.0977. The zero-order chi connectivity index (χ0) is 55.0. The molecule has 0 saturated carbocycles. The summed E-state index contributed by atoms with van der Waals surface area (Å²) in [4.78, 5) is 38.2. The van der Waals surface area contributed by atoms with Crippen LogP contribution >= 0.6 is 0 Å². The molecule has 1 atom stereocenters. The normalized spacial score (nSPS) is 12.8. The maximum absolute atomic E-state index is 12.9. The van der Waals surface area contributed by atoms with E-state index < -0.39 is 6.10 Å². The molecule has 0 radical (unpaired) electrons.